The van der Waals surface area contributed by atoms with Crippen molar-refractivity contribution >= 4 is 5.82 Å². The quantitative estimate of drug-likeness (QED) is 0.763. The first-order valence-corrected chi connectivity index (χ1v) is 4.86. The molecule has 1 fully saturated rings. The van der Waals surface area contributed by atoms with E-state index in [2.05, 4.69) is 22.2 Å². The van der Waals surface area contributed by atoms with Crippen LogP contribution < -0.4 is 5.32 Å². The third-order valence-electron chi connectivity index (χ3n) is 2.60. The Hall–Kier alpha value is -1.12. The van der Waals surface area contributed by atoms with Crippen molar-refractivity contribution in [3.63, 3.8) is 0 Å². The molecule has 1 saturated carbocycles. The average molecular weight is 177 g/mol. The molecule has 3 heteroatoms. The average Bonchev–Trinajstić information content (AvgIpc) is 2.99. The number of hydrogen-bond donors (Lipinski definition) is 1. The van der Waals surface area contributed by atoms with E-state index in [1.54, 1.807) is 18.6 Å². The Balaban J connectivity index is 1.78. The Morgan fingerprint density at radius 3 is 3.00 bits per heavy atom. The zero-order chi connectivity index (χ0) is 9.10. The molecule has 3 nitrogen and oxygen atoms in total. The van der Waals surface area contributed by atoms with Gasteiger partial charge in [0.1, 0.15) is 5.82 Å². The summed E-state index contributed by atoms with van der Waals surface area (Å²) < 4.78 is 0. The standard InChI is InChI=1S/C10H15N3/c1-8(9-2-3-9)6-13-10-7-11-4-5-12-10/h4-5,7-9H,2-3,6H2,1H3,(H,12,13). The van der Waals surface area contributed by atoms with Crippen molar-refractivity contribution in [3.05, 3.63) is 18.6 Å². The second-order valence-corrected chi connectivity index (χ2v) is 3.79. The third-order valence-corrected chi connectivity index (χ3v) is 2.60. The lowest BCUT2D eigenvalue weighted by Gasteiger charge is -2.10. The fourth-order valence-electron chi connectivity index (χ4n) is 1.49. The van der Waals surface area contributed by atoms with E-state index in [4.69, 9.17) is 0 Å². The summed E-state index contributed by atoms with van der Waals surface area (Å²) in [4.78, 5) is 8.15. The lowest BCUT2D eigenvalue weighted by atomic mass is 10.1. The molecule has 1 N–H and O–H groups in total. The molecule has 2 rings (SSSR count). The van der Waals surface area contributed by atoms with Gasteiger partial charge in [0.25, 0.3) is 0 Å². The molecule has 0 radical (unpaired) electrons. The van der Waals surface area contributed by atoms with E-state index in [0.29, 0.717) is 0 Å². The van der Waals surface area contributed by atoms with Crippen molar-refractivity contribution in [1.29, 1.82) is 0 Å². The van der Waals surface area contributed by atoms with Crippen LogP contribution in [0.2, 0.25) is 0 Å². The minimum atomic E-state index is 0.766. The molecule has 1 atom stereocenters. The van der Waals surface area contributed by atoms with Gasteiger partial charge in [-0.15, -0.1) is 0 Å². The van der Waals surface area contributed by atoms with Gasteiger partial charge in [-0.2, -0.15) is 0 Å². The second kappa shape index (κ2) is 3.73. The number of aromatic nitrogens is 2. The van der Waals surface area contributed by atoms with E-state index in [9.17, 15) is 0 Å². The molecule has 0 saturated heterocycles. The van der Waals surface area contributed by atoms with Gasteiger partial charge in [-0.25, -0.2) is 4.98 Å². The first-order valence-electron chi connectivity index (χ1n) is 4.86. The molecule has 1 heterocycles. The molecule has 1 aliphatic carbocycles. The number of anilines is 1. The molecule has 1 aromatic heterocycles. The summed E-state index contributed by atoms with van der Waals surface area (Å²) in [6, 6.07) is 0. The molecule has 70 valence electrons. The molecular weight excluding hydrogens is 162 g/mol. The Kier molecular flexibility index (Phi) is 2.43. The van der Waals surface area contributed by atoms with Gasteiger partial charge in [-0.3, -0.25) is 4.98 Å². The predicted octanol–water partition coefficient (Wildman–Crippen LogP) is 1.93. The summed E-state index contributed by atoms with van der Waals surface area (Å²) in [6.45, 7) is 3.31. The lowest BCUT2D eigenvalue weighted by Crippen LogP contribution is -2.13. The molecule has 1 aromatic rings. The Labute approximate surface area is 78.6 Å². The van der Waals surface area contributed by atoms with Gasteiger partial charge in [-0.1, -0.05) is 6.92 Å². The van der Waals surface area contributed by atoms with E-state index >= 15 is 0 Å². The van der Waals surface area contributed by atoms with Crippen LogP contribution >= 0.6 is 0 Å². The molecule has 0 aliphatic heterocycles. The predicted molar refractivity (Wildman–Crippen MR) is 52.4 cm³/mol. The highest BCUT2D eigenvalue weighted by molar-refractivity contribution is 5.29. The number of hydrogen-bond acceptors (Lipinski definition) is 3. The van der Waals surface area contributed by atoms with Gasteiger partial charge in [0.15, 0.2) is 0 Å². The van der Waals surface area contributed by atoms with Crippen LogP contribution in [-0.2, 0) is 0 Å². The van der Waals surface area contributed by atoms with Crippen molar-refractivity contribution in [2.45, 2.75) is 19.8 Å². The summed E-state index contributed by atoms with van der Waals surface area (Å²) in [5.74, 6) is 2.60. The minimum Gasteiger partial charge on any atom is -0.369 e. The van der Waals surface area contributed by atoms with E-state index in [0.717, 1.165) is 24.2 Å². The maximum absolute atomic E-state index is 4.16. The third kappa shape index (κ3) is 2.41. The largest absolute Gasteiger partial charge is 0.369 e. The first kappa shape index (κ1) is 8.48. The Morgan fingerprint density at radius 1 is 1.54 bits per heavy atom. The van der Waals surface area contributed by atoms with E-state index < -0.39 is 0 Å². The number of nitrogens with zero attached hydrogens (tertiary/aromatic N) is 2. The summed E-state index contributed by atoms with van der Waals surface area (Å²) in [6.07, 6.45) is 7.98. The molecule has 1 aliphatic rings. The number of rotatable bonds is 4. The van der Waals surface area contributed by atoms with Crippen molar-refractivity contribution in [1.82, 2.24) is 9.97 Å². The van der Waals surface area contributed by atoms with Crippen LogP contribution in [0.4, 0.5) is 5.82 Å². The lowest BCUT2D eigenvalue weighted by molar-refractivity contribution is 0.536. The van der Waals surface area contributed by atoms with Gasteiger partial charge < -0.3 is 5.32 Å². The van der Waals surface area contributed by atoms with E-state index in [1.165, 1.54) is 12.8 Å². The SMILES string of the molecule is CC(CNc1cnccn1)C1CC1. The van der Waals surface area contributed by atoms with Crippen LogP contribution in [0.25, 0.3) is 0 Å². The van der Waals surface area contributed by atoms with Crippen molar-refractivity contribution in [2.24, 2.45) is 11.8 Å². The normalized spacial score (nSPS) is 18.2. The van der Waals surface area contributed by atoms with Gasteiger partial charge in [0.2, 0.25) is 0 Å². The molecule has 0 amide bonds. The molecule has 0 aromatic carbocycles. The van der Waals surface area contributed by atoms with Crippen molar-refractivity contribution < 1.29 is 0 Å². The van der Waals surface area contributed by atoms with Gasteiger partial charge in [0.05, 0.1) is 6.20 Å². The molecular formula is C10H15N3. The van der Waals surface area contributed by atoms with Crippen LogP contribution in [0.5, 0.6) is 0 Å². The maximum Gasteiger partial charge on any atom is 0.144 e. The first-order chi connectivity index (χ1) is 6.36. The summed E-state index contributed by atoms with van der Waals surface area (Å²) in [7, 11) is 0. The highest BCUT2D eigenvalue weighted by Crippen LogP contribution is 2.36. The molecule has 0 spiro atoms. The zero-order valence-electron chi connectivity index (χ0n) is 7.90. The van der Waals surface area contributed by atoms with Gasteiger partial charge in [0, 0.05) is 18.9 Å². The minimum absolute atomic E-state index is 0.766. The van der Waals surface area contributed by atoms with Gasteiger partial charge in [-0.05, 0) is 24.7 Å². The van der Waals surface area contributed by atoms with Crippen LogP contribution in [0.3, 0.4) is 0 Å². The van der Waals surface area contributed by atoms with E-state index in [-0.39, 0.29) is 0 Å². The Morgan fingerprint density at radius 2 is 2.38 bits per heavy atom. The summed E-state index contributed by atoms with van der Waals surface area (Å²) in [5.41, 5.74) is 0. The van der Waals surface area contributed by atoms with E-state index in [1.807, 2.05) is 0 Å². The van der Waals surface area contributed by atoms with Crippen molar-refractivity contribution in [2.75, 3.05) is 11.9 Å². The highest BCUT2D eigenvalue weighted by atomic mass is 15.0. The fraction of sp³-hybridized carbons (Fsp3) is 0.600. The topological polar surface area (TPSA) is 37.8 Å². The maximum atomic E-state index is 4.16. The summed E-state index contributed by atoms with van der Waals surface area (Å²) >= 11 is 0. The van der Waals surface area contributed by atoms with Crippen LogP contribution in [0.1, 0.15) is 19.8 Å². The zero-order valence-corrected chi connectivity index (χ0v) is 7.90. The fourth-order valence-corrected chi connectivity index (χ4v) is 1.49. The monoisotopic (exact) mass is 177 g/mol. The smallest absolute Gasteiger partial charge is 0.144 e. The van der Waals surface area contributed by atoms with Crippen molar-refractivity contribution in [3.8, 4) is 0 Å². The van der Waals surface area contributed by atoms with Crippen LogP contribution in [0, 0.1) is 11.8 Å². The molecule has 13 heavy (non-hydrogen) atoms. The molecule has 0 bridgehead atoms. The van der Waals surface area contributed by atoms with Crippen LogP contribution in [0.15, 0.2) is 18.6 Å². The van der Waals surface area contributed by atoms with Crippen LogP contribution in [-0.4, -0.2) is 16.5 Å². The van der Waals surface area contributed by atoms with Gasteiger partial charge >= 0.3 is 0 Å². The number of nitrogens with one attached hydrogen (secondary N) is 1. The second-order valence-electron chi connectivity index (χ2n) is 3.79. The molecule has 1 unspecified atom stereocenters. The highest BCUT2D eigenvalue weighted by Gasteiger charge is 2.27. The Bertz CT molecular complexity index is 256. The summed E-state index contributed by atoms with van der Waals surface area (Å²) in [5, 5.41) is 3.29.